The Morgan fingerprint density at radius 1 is 0.763 bits per heavy atom. The molecule has 1 atom stereocenters. The summed E-state index contributed by atoms with van der Waals surface area (Å²) in [5.74, 6) is 0. The van der Waals surface area contributed by atoms with Crippen molar-refractivity contribution < 1.29 is 19.1 Å². The summed E-state index contributed by atoms with van der Waals surface area (Å²) >= 11 is 0. The van der Waals surface area contributed by atoms with Crippen LogP contribution in [0.15, 0.2) is 134 Å². The Morgan fingerprint density at radius 3 is 1.63 bits per heavy atom. The van der Waals surface area contributed by atoms with Crippen LogP contribution in [0.4, 0.5) is 4.79 Å². The zero-order chi connectivity index (χ0) is 26.6. The summed E-state index contributed by atoms with van der Waals surface area (Å²) in [6.45, 7) is 4.17. The Balaban J connectivity index is 1.57. The summed E-state index contributed by atoms with van der Waals surface area (Å²) in [5, 5.41) is 0. The fourth-order valence-corrected chi connectivity index (χ4v) is 4.52. The first-order chi connectivity index (χ1) is 18.7. The van der Waals surface area contributed by atoms with Crippen molar-refractivity contribution in [2.45, 2.75) is 24.7 Å². The van der Waals surface area contributed by atoms with Crippen molar-refractivity contribution in [3.63, 3.8) is 0 Å². The van der Waals surface area contributed by atoms with Gasteiger partial charge in [-0.15, -0.1) is 6.58 Å². The van der Waals surface area contributed by atoms with Crippen molar-refractivity contribution in [2.75, 3.05) is 6.61 Å². The van der Waals surface area contributed by atoms with E-state index in [1.54, 1.807) is 6.08 Å². The maximum absolute atomic E-state index is 12.8. The minimum absolute atomic E-state index is 0.0729. The number of nitrogens with zero attached hydrogens (tertiary/aromatic N) is 1. The minimum atomic E-state index is -0.894. The second-order valence-corrected chi connectivity index (χ2v) is 8.77. The van der Waals surface area contributed by atoms with Gasteiger partial charge in [0.1, 0.15) is 12.2 Å². The Bertz CT molecular complexity index is 1200. The van der Waals surface area contributed by atoms with Crippen molar-refractivity contribution >= 4 is 12.5 Å². The smallest absolute Gasteiger partial charge is 0.417 e. The molecule has 0 N–H and O–H groups in total. The van der Waals surface area contributed by atoms with Gasteiger partial charge in [-0.3, -0.25) is 4.79 Å². The first-order valence-electron chi connectivity index (χ1n) is 12.6. The van der Waals surface area contributed by atoms with Gasteiger partial charge in [-0.25, -0.2) is 9.69 Å². The number of imide groups is 1. The second kappa shape index (κ2) is 13.2. The predicted molar refractivity (Wildman–Crippen MR) is 148 cm³/mol. The van der Waals surface area contributed by atoms with E-state index >= 15 is 0 Å². The lowest BCUT2D eigenvalue weighted by Gasteiger charge is -2.36. The summed E-state index contributed by atoms with van der Waals surface area (Å²) in [6.07, 6.45) is 1.67. The van der Waals surface area contributed by atoms with Gasteiger partial charge in [-0.2, -0.15) is 0 Å². The van der Waals surface area contributed by atoms with Gasteiger partial charge in [0.15, 0.2) is 0 Å². The third-order valence-corrected chi connectivity index (χ3v) is 6.43. The number of rotatable bonds is 12. The number of ether oxygens (including phenoxy) is 2. The average Bonchev–Trinajstić information content (AvgIpc) is 2.99. The van der Waals surface area contributed by atoms with E-state index in [1.807, 2.05) is 121 Å². The molecule has 0 aliphatic rings. The van der Waals surface area contributed by atoms with Gasteiger partial charge >= 0.3 is 6.09 Å². The highest BCUT2D eigenvalue weighted by atomic mass is 16.6. The Labute approximate surface area is 224 Å². The van der Waals surface area contributed by atoms with Crippen LogP contribution in [0.5, 0.6) is 0 Å². The van der Waals surface area contributed by atoms with Crippen LogP contribution in [0, 0.1) is 0 Å². The molecule has 0 saturated heterocycles. The molecule has 2 amide bonds. The predicted octanol–water partition coefficient (Wildman–Crippen LogP) is 6.74. The third kappa shape index (κ3) is 6.07. The highest BCUT2D eigenvalue weighted by Gasteiger charge is 2.37. The summed E-state index contributed by atoms with van der Waals surface area (Å²) in [5.41, 5.74) is 2.87. The van der Waals surface area contributed by atoms with Crippen LogP contribution in [0.2, 0.25) is 0 Å². The molecule has 5 heteroatoms. The summed E-state index contributed by atoms with van der Waals surface area (Å²) in [6, 6.07) is 38.8. The highest BCUT2D eigenvalue weighted by Crippen LogP contribution is 2.40. The van der Waals surface area contributed by atoms with E-state index in [-0.39, 0.29) is 13.2 Å². The molecule has 0 saturated carbocycles. The van der Waals surface area contributed by atoms with E-state index in [0.29, 0.717) is 12.8 Å². The maximum Gasteiger partial charge on any atom is 0.417 e. The van der Waals surface area contributed by atoms with Crippen molar-refractivity contribution in [2.24, 2.45) is 0 Å². The second-order valence-electron chi connectivity index (χ2n) is 8.77. The van der Waals surface area contributed by atoms with Gasteiger partial charge in [-0.05, 0) is 28.7 Å². The average molecular weight is 506 g/mol. The molecule has 0 unspecified atom stereocenters. The number of hydrogen-bond acceptors (Lipinski definition) is 4. The quantitative estimate of drug-likeness (QED) is 0.122. The van der Waals surface area contributed by atoms with E-state index < -0.39 is 17.7 Å². The molecular weight excluding hydrogens is 474 g/mol. The van der Waals surface area contributed by atoms with Crippen LogP contribution in [0.1, 0.15) is 28.7 Å². The first kappa shape index (κ1) is 26.6. The fourth-order valence-electron chi connectivity index (χ4n) is 4.52. The Morgan fingerprint density at radius 2 is 1.21 bits per heavy atom. The van der Waals surface area contributed by atoms with E-state index in [4.69, 9.17) is 9.47 Å². The zero-order valence-corrected chi connectivity index (χ0v) is 21.2. The van der Waals surface area contributed by atoms with Gasteiger partial charge in [0.2, 0.25) is 6.41 Å². The molecule has 0 radical (unpaired) electrons. The van der Waals surface area contributed by atoms with Crippen molar-refractivity contribution in [1.29, 1.82) is 0 Å². The molecule has 0 bridgehead atoms. The van der Waals surface area contributed by atoms with E-state index in [1.165, 1.54) is 0 Å². The normalized spacial score (nSPS) is 11.8. The minimum Gasteiger partial charge on any atom is -0.444 e. The molecule has 0 fully saturated rings. The largest absolute Gasteiger partial charge is 0.444 e. The third-order valence-electron chi connectivity index (χ3n) is 6.43. The molecule has 38 heavy (non-hydrogen) atoms. The fraction of sp³-hybridized carbons (Fsp3) is 0.152. The van der Waals surface area contributed by atoms with E-state index in [0.717, 1.165) is 27.2 Å². The van der Waals surface area contributed by atoms with Gasteiger partial charge < -0.3 is 9.47 Å². The van der Waals surface area contributed by atoms with Crippen molar-refractivity contribution in [3.8, 4) is 0 Å². The van der Waals surface area contributed by atoms with Crippen LogP contribution >= 0.6 is 0 Å². The highest BCUT2D eigenvalue weighted by molar-refractivity contribution is 5.81. The summed E-state index contributed by atoms with van der Waals surface area (Å²) in [4.78, 5) is 25.7. The van der Waals surface area contributed by atoms with Gasteiger partial charge in [0.05, 0.1) is 12.6 Å². The Hall–Kier alpha value is -4.48. The number of benzene rings is 4. The topological polar surface area (TPSA) is 55.8 Å². The van der Waals surface area contributed by atoms with E-state index in [2.05, 4.69) is 6.58 Å². The molecule has 0 aliphatic heterocycles. The van der Waals surface area contributed by atoms with Crippen LogP contribution in [0.3, 0.4) is 0 Å². The van der Waals surface area contributed by atoms with Gasteiger partial charge in [0, 0.05) is 0 Å². The number of carbonyl (C=O) groups is 2. The van der Waals surface area contributed by atoms with Gasteiger partial charge in [-0.1, -0.05) is 127 Å². The molecule has 192 valence electrons. The molecule has 0 aromatic heterocycles. The molecule has 4 aromatic rings. The SMILES string of the molecule is C=C[C@H](CCOC(c1ccccc1)(c1ccccc1)c1ccccc1)N(C=O)C(=O)OCc1ccccc1. The maximum atomic E-state index is 12.8. The van der Waals surface area contributed by atoms with Gasteiger partial charge in [0.25, 0.3) is 0 Å². The number of carbonyl (C=O) groups excluding carboxylic acids is 2. The van der Waals surface area contributed by atoms with E-state index in [9.17, 15) is 9.59 Å². The molecule has 0 aliphatic carbocycles. The number of amides is 2. The molecule has 5 nitrogen and oxygen atoms in total. The molecule has 0 heterocycles. The lowest BCUT2D eigenvalue weighted by atomic mass is 9.80. The van der Waals surface area contributed by atoms with Crippen LogP contribution < -0.4 is 0 Å². The van der Waals surface area contributed by atoms with Crippen molar-refractivity contribution in [3.05, 3.63) is 156 Å². The van der Waals surface area contributed by atoms with Crippen molar-refractivity contribution in [1.82, 2.24) is 4.90 Å². The summed E-state index contributed by atoms with van der Waals surface area (Å²) < 4.78 is 12.2. The Kier molecular flexibility index (Phi) is 9.22. The lowest BCUT2D eigenvalue weighted by Crippen LogP contribution is -2.40. The summed E-state index contributed by atoms with van der Waals surface area (Å²) in [7, 11) is 0. The zero-order valence-electron chi connectivity index (χ0n) is 21.2. The first-order valence-corrected chi connectivity index (χ1v) is 12.6. The standard InChI is InChI=1S/C33H31NO4/c1-2-31(34(26-35)32(36)37-25-27-15-7-3-8-16-27)23-24-38-33(28-17-9-4-10-18-28,29-19-11-5-12-20-29)30-21-13-6-14-22-30/h2-22,26,31H,1,23-25H2/t31-/m1/s1. The van der Waals surface area contributed by atoms with Crippen LogP contribution in [-0.2, 0) is 26.5 Å². The molecule has 4 rings (SSSR count). The number of hydrogen-bond donors (Lipinski definition) is 0. The monoisotopic (exact) mass is 505 g/mol. The molecular formula is C33H31NO4. The molecule has 0 spiro atoms. The molecule has 4 aromatic carbocycles. The lowest BCUT2D eigenvalue weighted by molar-refractivity contribution is -0.118. The van der Waals surface area contributed by atoms with Crippen LogP contribution in [0.25, 0.3) is 0 Å². The van der Waals surface area contributed by atoms with Crippen LogP contribution in [-0.4, -0.2) is 30.1 Å².